The first-order chi connectivity index (χ1) is 6.20. The van der Waals surface area contributed by atoms with Crippen LogP contribution in [0.2, 0.25) is 5.02 Å². The predicted molar refractivity (Wildman–Crippen MR) is 54.4 cm³/mol. The zero-order chi connectivity index (χ0) is 9.84. The topological polar surface area (TPSA) is 9.23 Å². The minimum absolute atomic E-state index is 0.137. The van der Waals surface area contributed by atoms with Crippen molar-refractivity contribution in [1.82, 2.24) is 0 Å². The molecule has 72 valence electrons. The highest BCUT2D eigenvalue weighted by Crippen LogP contribution is 2.32. The maximum absolute atomic E-state index is 13.4. The molecule has 0 amide bonds. The lowest BCUT2D eigenvalue weighted by molar-refractivity contribution is 0.321. The molecule has 0 saturated carbocycles. The second-order valence-electron chi connectivity index (χ2n) is 2.33. The number of rotatable bonds is 3. The van der Waals surface area contributed by atoms with Crippen molar-refractivity contribution in [3.05, 3.63) is 23.0 Å². The van der Waals surface area contributed by atoms with E-state index < -0.39 is 5.82 Å². The molecule has 0 aromatic heterocycles. The summed E-state index contributed by atoms with van der Waals surface area (Å²) >= 11 is 7.17. The van der Waals surface area contributed by atoms with E-state index >= 15 is 0 Å². The maximum Gasteiger partial charge on any atom is 0.184 e. The minimum Gasteiger partial charge on any atom is -0.491 e. The number of hydrogen-bond acceptors (Lipinski definition) is 2. The van der Waals surface area contributed by atoms with Gasteiger partial charge in [-0.15, -0.1) is 11.8 Å². The number of halogens is 2. The van der Waals surface area contributed by atoms with Crippen LogP contribution in [0, 0.1) is 5.82 Å². The van der Waals surface area contributed by atoms with Gasteiger partial charge in [-0.25, -0.2) is 4.39 Å². The van der Waals surface area contributed by atoms with Crippen LogP contribution in [-0.2, 0) is 0 Å². The average Bonchev–Trinajstić information content (AvgIpc) is 2.14. The Balaban J connectivity index is 3.07. The summed E-state index contributed by atoms with van der Waals surface area (Å²) in [4.78, 5) is 0.725. The summed E-state index contributed by atoms with van der Waals surface area (Å²) in [6.07, 6.45) is 1.85. The quantitative estimate of drug-likeness (QED) is 0.720. The highest BCUT2D eigenvalue weighted by Gasteiger charge is 2.11. The number of ether oxygens (including phenoxy) is 1. The maximum atomic E-state index is 13.4. The van der Waals surface area contributed by atoms with Crippen LogP contribution in [0.3, 0.4) is 0 Å². The van der Waals surface area contributed by atoms with Gasteiger partial charge in [0.2, 0.25) is 0 Å². The summed E-state index contributed by atoms with van der Waals surface area (Å²) in [5, 5.41) is 0.137. The van der Waals surface area contributed by atoms with Gasteiger partial charge in [0.25, 0.3) is 0 Å². The number of hydrogen-bond donors (Lipinski definition) is 0. The van der Waals surface area contributed by atoms with Crippen LogP contribution in [0.5, 0.6) is 5.75 Å². The van der Waals surface area contributed by atoms with Gasteiger partial charge in [0.05, 0.1) is 11.6 Å². The Kier molecular flexibility index (Phi) is 3.88. The molecule has 1 rings (SSSR count). The lowest BCUT2D eigenvalue weighted by Gasteiger charge is -2.07. The lowest BCUT2D eigenvalue weighted by Crippen LogP contribution is -1.95. The van der Waals surface area contributed by atoms with Gasteiger partial charge < -0.3 is 4.74 Å². The van der Waals surface area contributed by atoms with Gasteiger partial charge in [-0.05, 0) is 25.3 Å². The van der Waals surface area contributed by atoms with Crippen molar-refractivity contribution in [3.63, 3.8) is 0 Å². The zero-order valence-corrected chi connectivity index (χ0v) is 9.01. The molecule has 4 heteroatoms. The first kappa shape index (κ1) is 10.7. The Hall–Kier alpha value is -0.410. The van der Waals surface area contributed by atoms with E-state index in [-0.39, 0.29) is 10.8 Å². The van der Waals surface area contributed by atoms with Gasteiger partial charge in [-0.3, -0.25) is 0 Å². The third-order valence-corrected chi connectivity index (χ3v) is 2.79. The van der Waals surface area contributed by atoms with Gasteiger partial charge in [-0.1, -0.05) is 11.6 Å². The van der Waals surface area contributed by atoms with Gasteiger partial charge in [0, 0.05) is 4.90 Å². The average molecular weight is 221 g/mol. The fourth-order valence-electron chi connectivity index (χ4n) is 0.939. The third-order valence-electron chi connectivity index (χ3n) is 1.53. The molecule has 1 nitrogen and oxygen atoms in total. The molecule has 1 aromatic rings. The molecule has 0 radical (unpaired) electrons. The Morgan fingerprint density at radius 2 is 2.23 bits per heavy atom. The molecule has 13 heavy (non-hydrogen) atoms. The second kappa shape index (κ2) is 4.72. The van der Waals surface area contributed by atoms with Crippen LogP contribution in [0.4, 0.5) is 4.39 Å². The van der Waals surface area contributed by atoms with E-state index in [1.165, 1.54) is 11.8 Å². The number of thioether (sulfide) groups is 1. The molecular weight excluding hydrogens is 211 g/mol. The van der Waals surface area contributed by atoms with Gasteiger partial charge in [0.15, 0.2) is 11.6 Å². The molecule has 0 fully saturated rings. The first-order valence-electron chi connectivity index (χ1n) is 3.85. The van der Waals surface area contributed by atoms with Gasteiger partial charge in [-0.2, -0.15) is 0 Å². The van der Waals surface area contributed by atoms with E-state index in [0.29, 0.717) is 6.61 Å². The Labute approximate surface area is 86.2 Å². The molecule has 0 unspecified atom stereocenters. The van der Waals surface area contributed by atoms with Crippen molar-refractivity contribution >= 4 is 23.4 Å². The van der Waals surface area contributed by atoms with Crippen molar-refractivity contribution in [3.8, 4) is 5.75 Å². The summed E-state index contributed by atoms with van der Waals surface area (Å²) in [7, 11) is 0. The lowest BCUT2D eigenvalue weighted by atomic mass is 10.3. The van der Waals surface area contributed by atoms with Crippen LogP contribution < -0.4 is 4.74 Å². The fraction of sp³-hybridized carbons (Fsp3) is 0.333. The van der Waals surface area contributed by atoms with E-state index in [1.54, 1.807) is 19.1 Å². The highest BCUT2D eigenvalue weighted by atomic mass is 35.5. The van der Waals surface area contributed by atoms with Crippen molar-refractivity contribution in [1.29, 1.82) is 0 Å². The van der Waals surface area contributed by atoms with Gasteiger partial charge >= 0.3 is 0 Å². The summed E-state index contributed by atoms with van der Waals surface area (Å²) in [6, 6.07) is 3.34. The molecule has 0 spiro atoms. The summed E-state index contributed by atoms with van der Waals surface area (Å²) < 4.78 is 18.4. The van der Waals surface area contributed by atoms with Gasteiger partial charge in [0.1, 0.15) is 0 Å². The smallest absolute Gasteiger partial charge is 0.184 e. The Bertz CT molecular complexity index is 304. The molecule has 0 aliphatic heterocycles. The number of benzene rings is 1. The van der Waals surface area contributed by atoms with Crippen LogP contribution in [0.25, 0.3) is 0 Å². The molecule has 0 aliphatic carbocycles. The molecular formula is C9H10ClFOS. The van der Waals surface area contributed by atoms with E-state index in [1.807, 2.05) is 6.26 Å². The minimum atomic E-state index is -0.477. The predicted octanol–water partition coefficient (Wildman–Crippen LogP) is 3.60. The molecule has 0 atom stereocenters. The van der Waals surface area contributed by atoms with Crippen LogP contribution >= 0.6 is 23.4 Å². The molecule has 0 heterocycles. The van der Waals surface area contributed by atoms with Crippen molar-refractivity contribution in [2.45, 2.75) is 11.8 Å². The van der Waals surface area contributed by atoms with E-state index in [2.05, 4.69) is 0 Å². The SMILES string of the molecule is CCOc1ccc(SC)c(Cl)c1F. The molecule has 1 aromatic carbocycles. The van der Waals surface area contributed by atoms with Crippen LogP contribution in [0.1, 0.15) is 6.92 Å². The molecule has 0 bridgehead atoms. The molecule has 0 aliphatic rings. The highest BCUT2D eigenvalue weighted by molar-refractivity contribution is 7.98. The van der Waals surface area contributed by atoms with Crippen molar-refractivity contribution < 1.29 is 9.13 Å². The Morgan fingerprint density at radius 3 is 2.77 bits per heavy atom. The summed E-state index contributed by atoms with van der Waals surface area (Å²) in [5.41, 5.74) is 0. The second-order valence-corrected chi connectivity index (χ2v) is 3.55. The van der Waals surface area contributed by atoms with Crippen LogP contribution in [0.15, 0.2) is 17.0 Å². The molecule has 0 saturated heterocycles. The van der Waals surface area contributed by atoms with E-state index in [4.69, 9.17) is 16.3 Å². The zero-order valence-electron chi connectivity index (χ0n) is 7.43. The largest absolute Gasteiger partial charge is 0.491 e. The first-order valence-corrected chi connectivity index (χ1v) is 5.45. The standard InChI is InChI=1S/C9H10ClFOS/c1-3-12-6-4-5-7(13-2)8(10)9(6)11/h4-5H,3H2,1-2H3. The van der Waals surface area contributed by atoms with E-state index in [9.17, 15) is 4.39 Å². The van der Waals surface area contributed by atoms with E-state index in [0.717, 1.165) is 4.90 Å². The normalized spacial score (nSPS) is 10.2. The summed E-state index contributed by atoms with van der Waals surface area (Å²) in [5.74, 6) is -0.263. The fourth-order valence-corrected chi connectivity index (χ4v) is 1.80. The van der Waals surface area contributed by atoms with Crippen LogP contribution in [-0.4, -0.2) is 12.9 Å². The monoisotopic (exact) mass is 220 g/mol. The third kappa shape index (κ3) is 2.29. The van der Waals surface area contributed by atoms with Crippen molar-refractivity contribution in [2.24, 2.45) is 0 Å². The Morgan fingerprint density at radius 1 is 1.54 bits per heavy atom. The molecule has 0 N–H and O–H groups in total. The summed E-state index contributed by atoms with van der Waals surface area (Å²) in [6.45, 7) is 2.24. The van der Waals surface area contributed by atoms with Crippen molar-refractivity contribution in [2.75, 3.05) is 12.9 Å².